The summed E-state index contributed by atoms with van der Waals surface area (Å²) in [5, 5.41) is 17.2. The predicted molar refractivity (Wildman–Crippen MR) is 98.7 cm³/mol. The summed E-state index contributed by atoms with van der Waals surface area (Å²) >= 11 is 2.28. The van der Waals surface area contributed by atoms with Crippen molar-refractivity contribution in [3.05, 3.63) is 39.7 Å². The van der Waals surface area contributed by atoms with Crippen LogP contribution in [-0.2, 0) is 13.1 Å². The number of tetrazole rings is 1. The molecule has 0 bridgehead atoms. The first-order valence-corrected chi connectivity index (χ1v) is 8.77. The molecule has 2 aromatic heterocycles. The molecule has 0 N–H and O–H groups in total. The van der Waals surface area contributed by atoms with E-state index >= 15 is 0 Å². The maximum atomic E-state index is 5.16. The van der Waals surface area contributed by atoms with Crippen LogP contribution in [-0.4, -0.2) is 37.1 Å². The molecule has 2 heterocycles. The minimum Gasteiger partial charge on any atom is -0.497 e. The normalized spacial score (nSPS) is 11.2. The van der Waals surface area contributed by atoms with E-state index in [9.17, 15) is 0 Å². The molecule has 0 radical (unpaired) electrons. The Balaban J connectivity index is 1.76. The van der Waals surface area contributed by atoms with Gasteiger partial charge in [-0.05, 0) is 51.4 Å². The van der Waals surface area contributed by atoms with Gasteiger partial charge in [-0.3, -0.25) is 4.68 Å². The molecule has 0 aliphatic heterocycles. The minimum atomic E-state index is 0.532. The molecule has 0 aliphatic rings. The fourth-order valence-corrected chi connectivity index (χ4v) is 3.01. The molecule has 3 rings (SSSR count). The zero-order valence-electron chi connectivity index (χ0n) is 13.8. The van der Waals surface area contributed by atoms with Gasteiger partial charge in [-0.2, -0.15) is 9.90 Å². The van der Waals surface area contributed by atoms with Crippen molar-refractivity contribution >= 4 is 22.6 Å². The second kappa shape index (κ2) is 7.29. The molecule has 126 valence electrons. The average Bonchev–Trinajstić information content (AvgIpc) is 3.15. The van der Waals surface area contributed by atoms with Gasteiger partial charge in [-0.1, -0.05) is 26.0 Å². The highest BCUT2D eigenvalue weighted by Crippen LogP contribution is 2.22. The lowest BCUT2D eigenvalue weighted by Gasteiger charge is -2.06. The molecule has 0 spiro atoms. The van der Waals surface area contributed by atoms with Crippen molar-refractivity contribution in [1.29, 1.82) is 0 Å². The third kappa shape index (κ3) is 3.74. The lowest BCUT2D eigenvalue weighted by Crippen LogP contribution is -2.07. The molecule has 0 saturated carbocycles. The van der Waals surface area contributed by atoms with Crippen LogP contribution >= 0.6 is 22.6 Å². The van der Waals surface area contributed by atoms with Gasteiger partial charge in [0.2, 0.25) is 5.82 Å². The topological polar surface area (TPSA) is 70.7 Å². The summed E-state index contributed by atoms with van der Waals surface area (Å²) in [5.41, 5.74) is 2.00. The summed E-state index contributed by atoms with van der Waals surface area (Å²) < 4.78 is 8.17. The zero-order chi connectivity index (χ0) is 17.1. The Hall–Kier alpha value is -1.97. The summed E-state index contributed by atoms with van der Waals surface area (Å²) in [4.78, 5) is 1.59. The molecule has 8 heteroatoms. The first kappa shape index (κ1) is 16.9. The SMILES string of the molecule is COc1ccc(Cn2nnc(-c3cnn(CC(C)C)c3I)n2)cc1. The second-order valence-corrected chi connectivity index (χ2v) is 6.94. The maximum absolute atomic E-state index is 5.16. The van der Waals surface area contributed by atoms with Crippen LogP contribution in [0.25, 0.3) is 11.4 Å². The van der Waals surface area contributed by atoms with Crippen molar-refractivity contribution in [2.24, 2.45) is 5.92 Å². The Bertz CT molecular complexity index is 808. The van der Waals surface area contributed by atoms with Gasteiger partial charge in [0.15, 0.2) is 0 Å². The van der Waals surface area contributed by atoms with Crippen LogP contribution in [0.2, 0.25) is 0 Å². The molecule has 0 fully saturated rings. The van der Waals surface area contributed by atoms with E-state index in [0.717, 1.165) is 27.1 Å². The van der Waals surface area contributed by atoms with Gasteiger partial charge in [-0.25, -0.2) is 0 Å². The molecule has 7 nitrogen and oxygen atoms in total. The number of nitrogens with zero attached hydrogens (tertiary/aromatic N) is 6. The van der Waals surface area contributed by atoms with Crippen LogP contribution in [0.1, 0.15) is 19.4 Å². The molecule has 1 aromatic carbocycles. The van der Waals surface area contributed by atoms with Crippen LogP contribution in [0.3, 0.4) is 0 Å². The van der Waals surface area contributed by atoms with Crippen molar-refractivity contribution in [2.75, 3.05) is 7.11 Å². The Kier molecular flexibility index (Phi) is 5.12. The zero-order valence-corrected chi connectivity index (χ0v) is 16.0. The fourth-order valence-electron chi connectivity index (χ4n) is 2.31. The third-order valence-electron chi connectivity index (χ3n) is 3.49. The molecule has 0 aliphatic carbocycles. The second-order valence-electron chi connectivity index (χ2n) is 5.92. The lowest BCUT2D eigenvalue weighted by atomic mass is 10.2. The highest BCUT2D eigenvalue weighted by molar-refractivity contribution is 14.1. The summed E-state index contributed by atoms with van der Waals surface area (Å²) in [6.45, 7) is 5.77. The number of benzene rings is 1. The highest BCUT2D eigenvalue weighted by Gasteiger charge is 2.15. The first-order chi connectivity index (χ1) is 11.6. The number of halogens is 1. The van der Waals surface area contributed by atoms with Crippen molar-refractivity contribution in [3.63, 3.8) is 0 Å². The van der Waals surface area contributed by atoms with Gasteiger partial charge in [0.1, 0.15) is 9.45 Å². The van der Waals surface area contributed by atoms with Gasteiger partial charge < -0.3 is 4.74 Å². The summed E-state index contributed by atoms with van der Waals surface area (Å²) in [6, 6.07) is 7.83. The number of methoxy groups -OCH3 is 1. The molecule has 3 aromatic rings. The van der Waals surface area contributed by atoms with Crippen molar-refractivity contribution < 1.29 is 4.74 Å². The molecule has 0 saturated heterocycles. The molecular formula is C16H19IN6O. The number of ether oxygens (including phenoxy) is 1. The maximum Gasteiger partial charge on any atom is 0.209 e. The molecule has 0 unspecified atom stereocenters. The van der Waals surface area contributed by atoms with E-state index in [1.807, 2.05) is 28.9 Å². The Morgan fingerprint density at radius 2 is 1.96 bits per heavy atom. The predicted octanol–water partition coefficient (Wildman–Crippen LogP) is 2.85. The van der Waals surface area contributed by atoms with Crippen molar-refractivity contribution in [1.82, 2.24) is 30.0 Å². The van der Waals surface area contributed by atoms with Gasteiger partial charge in [-0.15, -0.1) is 10.2 Å². The quantitative estimate of drug-likeness (QED) is 0.554. The number of rotatable bonds is 6. The standard InChI is InChI=1S/C16H19IN6O/c1-11(2)9-22-15(17)14(8-18-22)16-19-21-23(20-16)10-12-4-6-13(24-3)7-5-12/h4-8,11H,9-10H2,1-3H3. The van der Waals surface area contributed by atoms with Gasteiger partial charge in [0.05, 0.1) is 25.4 Å². The summed E-state index contributed by atoms with van der Waals surface area (Å²) in [7, 11) is 1.65. The van der Waals surface area contributed by atoms with Gasteiger partial charge in [0.25, 0.3) is 0 Å². The smallest absolute Gasteiger partial charge is 0.209 e. The van der Waals surface area contributed by atoms with Crippen LogP contribution in [0.15, 0.2) is 30.5 Å². The number of aromatic nitrogens is 6. The van der Waals surface area contributed by atoms with E-state index in [1.54, 1.807) is 18.1 Å². The van der Waals surface area contributed by atoms with E-state index in [1.165, 1.54) is 0 Å². The Morgan fingerprint density at radius 3 is 2.62 bits per heavy atom. The number of hydrogen-bond donors (Lipinski definition) is 0. The van der Waals surface area contributed by atoms with Crippen LogP contribution in [0.4, 0.5) is 0 Å². The van der Waals surface area contributed by atoms with Crippen LogP contribution < -0.4 is 4.74 Å². The van der Waals surface area contributed by atoms with Crippen molar-refractivity contribution in [3.8, 4) is 17.1 Å². The molecule has 0 amide bonds. The largest absolute Gasteiger partial charge is 0.497 e. The third-order valence-corrected chi connectivity index (χ3v) is 4.63. The van der Waals surface area contributed by atoms with Crippen molar-refractivity contribution in [2.45, 2.75) is 26.9 Å². The molecule has 24 heavy (non-hydrogen) atoms. The summed E-state index contributed by atoms with van der Waals surface area (Å²) in [6.07, 6.45) is 1.80. The van der Waals surface area contributed by atoms with E-state index in [4.69, 9.17) is 4.74 Å². The molecular weight excluding hydrogens is 419 g/mol. The van der Waals surface area contributed by atoms with E-state index in [-0.39, 0.29) is 0 Å². The van der Waals surface area contributed by atoms with E-state index in [2.05, 4.69) is 56.9 Å². The van der Waals surface area contributed by atoms with Crippen LogP contribution in [0.5, 0.6) is 5.75 Å². The number of hydrogen-bond acceptors (Lipinski definition) is 5. The first-order valence-electron chi connectivity index (χ1n) is 7.69. The Morgan fingerprint density at radius 1 is 1.21 bits per heavy atom. The van der Waals surface area contributed by atoms with E-state index in [0.29, 0.717) is 18.3 Å². The monoisotopic (exact) mass is 438 g/mol. The van der Waals surface area contributed by atoms with Gasteiger partial charge >= 0.3 is 0 Å². The average molecular weight is 438 g/mol. The van der Waals surface area contributed by atoms with Gasteiger partial charge in [0, 0.05) is 6.54 Å². The molecule has 0 atom stereocenters. The van der Waals surface area contributed by atoms with Crippen LogP contribution in [0, 0.1) is 9.62 Å². The lowest BCUT2D eigenvalue weighted by molar-refractivity contribution is 0.414. The van der Waals surface area contributed by atoms with E-state index < -0.39 is 0 Å². The Labute approximate surface area is 154 Å². The fraction of sp³-hybridized carbons (Fsp3) is 0.375. The minimum absolute atomic E-state index is 0.532. The highest BCUT2D eigenvalue weighted by atomic mass is 127. The summed E-state index contributed by atoms with van der Waals surface area (Å²) in [5.74, 6) is 1.96.